The number of nitrogens with zero attached hydrogens (tertiary/aromatic N) is 1. The molecule has 116 valence electrons. The van der Waals surface area contributed by atoms with Crippen LogP contribution in [-0.2, 0) is 0 Å². The fraction of sp³-hybridized carbons (Fsp3) is 0.222. The molecule has 23 heavy (non-hydrogen) atoms. The summed E-state index contributed by atoms with van der Waals surface area (Å²) in [5.74, 6) is -0.262. The van der Waals surface area contributed by atoms with E-state index in [1.54, 1.807) is 23.1 Å². The van der Waals surface area contributed by atoms with Gasteiger partial charge >= 0.3 is 5.63 Å². The lowest BCUT2D eigenvalue weighted by molar-refractivity contribution is 0.0729. The smallest absolute Gasteiger partial charge is 0.349 e. The van der Waals surface area contributed by atoms with Crippen molar-refractivity contribution in [1.29, 1.82) is 0 Å². The predicted molar refractivity (Wildman–Crippen MR) is 86.3 cm³/mol. The van der Waals surface area contributed by atoms with E-state index in [1.165, 1.54) is 0 Å². The molecule has 1 unspecified atom stereocenters. The highest BCUT2D eigenvalue weighted by atomic mass is 16.4. The van der Waals surface area contributed by atoms with Gasteiger partial charge in [-0.15, -0.1) is 0 Å². The van der Waals surface area contributed by atoms with Gasteiger partial charge in [0.05, 0.1) is 6.04 Å². The minimum atomic E-state index is -0.578. The van der Waals surface area contributed by atoms with Crippen LogP contribution in [0.25, 0.3) is 11.0 Å². The van der Waals surface area contributed by atoms with Crippen LogP contribution in [0.3, 0.4) is 0 Å². The molecule has 3 aromatic rings. The molecular formula is C18H16N2O3. The predicted octanol–water partition coefficient (Wildman–Crippen LogP) is 3.10. The number of benzene rings is 1. The summed E-state index contributed by atoms with van der Waals surface area (Å²) in [6, 6.07) is 12.7. The van der Waals surface area contributed by atoms with Gasteiger partial charge in [0.1, 0.15) is 11.1 Å². The Bertz CT molecular complexity index is 911. The molecule has 1 atom stereocenters. The standard InChI is InChI=1S/C18H16N2O3/c21-17(20-10-4-7-15(20)14-6-3-9-19-14)13-11-12-5-1-2-8-16(12)23-18(13)22/h1-3,5-6,8-9,11,15,19H,4,7,10H2. The number of nitrogens with one attached hydrogen (secondary N) is 1. The van der Waals surface area contributed by atoms with Gasteiger partial charge in [-0.3, -0.25) is 4.79 Å². The van der Waals surface area contributed by atoms with Crippen LogP contribution in [0.5, 0.6) is 0 Å². The maximum Gasteiger partial charge on any atom is 0.349 e. The number of likely N-dealkylation sites (tertiary alicyclic amines) is 1. The van der Waals surface area contributed by atoms with Gasteiger partial charge in [0.2, 0.25) is 0 Å². The van der Waals surface area contributed by atoms with Crippen LogP contribution in [0.1, 0.15) is 34.9 Å². The molecule has 1 aliphatic heterocycles. The van der Waals surface area contributed by atoms with Crippen LogP contribution in [0, 0.1) is 0 Å². The summed E-state index contributed by atoms with van der Waals surface area (Å²) >= 11 is 0. The van der Waals surface area contributed by atoms with Crippen LogP contribution >= 0.6 is 0 Å². The third-order valence-corrected chi connectivity index (χ3v) is 4.37. The van der Waals surface area contributed by atoms with Crippen molar-refractivity contribution in [2.24, 2.45) is 0 Å². The lowest BCUT2D eigenvalue weighted by Crippen LogP contribution is -2.33. The van der Waals surface area contributed by atoms with E-state index in [0.29, 0.717) is 12.1 Å². The Morgan fingerprint density at radius 3 is 2.91 bits per heavy atom. The van der Waals surface area contributed by atoms with Crippen molar-refractivity contribution in [3.63, 3.8) is 0 Å². The number of H-pyrrole nitrogens is 1. The van der Waals surface area contributed by atoms with Crippen LogP contribution in [0.2, 0.25) is 0 Å². The highest BCUT2D eigenvalue weighted by Crippen LogP contribution is 2.32. The van der Waals surface area contributed by atoms with Crippen LogP contribution in [0.4, 0.5) is 0 Å². The Morgan fingerprint density at radius 2 is 2.09 bits per heavy atom. The first-order valence-corrected chi connectivity index (χ1v) is 7.71. The van der Waals surface area contributed by atoms with E-state index in [2.05, 4.69) is 4.98 Å². The first-order valence-electron chi connectivity index (χ1n) is 7.71. The largest absolute Gasteiger partial charge is 0.422 e. The molecular weight excluding hydrogens is 292 g/mol. The summed E-state index contributed by atoms with van der Waals surface area (Å²) in [5.41, 5.74) is 1.02. The lowest BCUT2D eigenvalue weighted by Gasteiger charge is -2.23. The third kappa shape index (κ3) is 2.34. The molecule has 0 aliphatic carbocycles. The van der Waals surface area contributed by atoms with Crippen LogP contribution < -0.4 is 5.63 Å². The number of rotatable bonds is 2. The normalized spacial score (nSPS) is 17.7. The van der Waals surface area contributed by atoms with Crippen LogP contribution in [0.15, 0.2) is 57.9 Å². The Labute approximate surface area is 132 Å². The number of carbonyl (C=O) groups is 1. The number of carbonyl (C=O) groups excluding carboxylic acids is 1. The monoisotopic (exact) mass is 308 g/mol. The van der Waals surface area contributed by atoms with Gasteiger partial charge in [-0.05, 0) is 37.1 Å². The zero-order valence-electron chi connectivity index (χ0n) is 12.5. The number of aromatic nitrogens is 1. The molecule has 0 radical (unpaired) electrons. The van der Waals surface area contributed by atoms with Crippen molar-refractivity contribution >= 4 is 16.9 Å². The molecule has 1 aromatic carbocycles. The Hall–Kier alpha value is -2.82. The number of hydrogen-bond donors (Lipinski definition) is 1. The minimum Gasteiger partial charge on any atom is -0.422 e. The second-order valence-corrected chi connectivity index (χ2v) is 5.77. The number of hydrogen-bond acceptors (Lipinski definition) is 3. The highest BCUT2D eigenvalue weighted by Gasteiger charge is 2.32. The van der Waals surface area contributed by atoms with Crippen molar-refractivity contribution in [3.05, 3.63) is 70.3 Å². The molecule has 1 N–H and O–H groups in total. The molecule has 0 saturated carbocycles. The van der Waals surface area contributed by atoms with E-state index in [0.717, 1.165) is 23.9 Å². The molecule has 2 aromatic heterocycles. The fourth-order valence-electron chi connectivity index (χ4n) is 3.25. The SMILES string of the molecule is O=C(c1cc2ccccc2oc1=O)N1CCCC1c1ccc[nH]1. The van der Waals surface area contributed by atoms with Gasteiger partial charge in [-0.2, -0.15) is 0 Å². The lowest BCUT2D eigenvalue weighted by atomic mass is 10.1. The summed E-state index contributed by atoms with van der Waals surface area (Å²) in [6.07, 6.45) is 3.67. The molecule has 1 amide bonds. The van der Waals surface area contributed by atoms with Gasteiger partial charge in [-0.25, -0.2) is 4.79 Å². The molecule has 5 heteroatoms. The summed E-state index contributed by atoms with van der Waals surface area (Å²) in [4.78, 5) is 30.0. The topological polar surface area (TPSA) is 66.3 Å². The van der Waals surface area contributed by atoms with Crippen molar-refractivity contribution < 1.29 is 9.21 Å². The van der Waals surface area contributed by atoms with Gasteiger partial charge in [0, 0.05) is 23.8 Å². The fourth-order valence-corrected chi connectivity index (χ4v) is 3.25. The maximum absolute atomic E-state index is 12.9. The highest BCUT2D eigenvalue weighted by molar-refractivity contribution is 5.97. The summed E-state index contributed by atoms with van der Waals surface area (Å²) in [7, 11) is 0. The third-order valence-electron chi connectivity index (χ3n) is 4.37. The average molecular weight is 308 g/mol. The number of aromatic amines is 1. The minimum absolute atomic E-state index is 0.0108. The summed E-state index contributed by atoms with van der Waals surface area (Å²) in [6.45, 7) is 0.648. The van der Waals surface area contributed by atoms with Crippen molar-refractivity contribution in [2.75, 3.05) is 6.54 Å². The Morgan fingerprint density at radius 1 is 1.22 bits per heavy atom. The molecule has 4 rings (SSSR count). The van der Waals surface area contributed by atoms with Crippen LogP contribution in [-0.4, -0.2) is 22.3 Å². The quantitative estimate of drug-likeness (QED) is 0.740. The first-order chi connectivity index (χ1) is 11.2. The van der Waals surface area contributed by atoms with Crippen molar-refractivity contribution in [3.8, 4) is 0 Å². The van der Waals surface area contributed by atoms with Crippen molar-refractivity contribution in [2.45, 2.75) is 18.9 Å². The van der Waals surface area contributed by atoms with E-state index >= 15 is 0 Å². The number of amides is 1. The maximum atomic E-state index is 12.9. The van der Waals surface area contributed by atoms with E-state index in [1.807, 2.05) is 30.5 Å². The van der Waals surface area contributed by atoms with E-state index < -0.39 is 5.63 Å². The molecule has 3 heterocycles. The Balaban J connectivity index is 1.74. The van der Waals surface area contributed by atoms with Gasteiger partial charge < -0.3 is 14.3 Å². The van der Waals surface area contributed by atoms with Crippen molar-refractivity contribution in [1.82, 2.24) is 9.88 Å². The molecule has 1 aliphatic rings. The molecule has 1 fully saturated rings. The second-order valence-electron chi connectivity index (χ2n) is 5.77. The zero-order chi connectivity index (χ0) is 15.8. The zero-order valence-corrected chi connectivity index (χ0v) is 12.5. The molecule has 0 bridgehead atoms. The molecule has 5 nitrogen and oxygen atoms in total. The summed E-state index contributed by atoms with van der Waals surface area (Å²) in [5, 5.41) is 0.756. The number of fused-ring (bicyclic) bond motifs is 1. The average Bonchev–Trinajstić information content (AvgIpc) is 3.24. The van der Waals surface area contributed by atoms with E-state index in [4.69, 9.17) is 4.42 Å². The van der Waals surface area contributed by atoms with E-state index in [-0.39, 0.29) is 17.5 Å². The molecule has 0 spiro atoms. The van der Waals surface area contributed by atoms with Gasteiger partial charge in [-0.1, -0.05) is 18.2 Å². The second kappa shape index (κ2) is 5.43. The van der Waals surface area contributed by atoms with Gasteiger partial charge in [0.15, 0.2) is 0 Å². The number of para-hydroxylation sites is 1. The van der Waals surface area contributed by atoms with E-state index in [9.17, 15) is 9.59 Å². The van der Waals surface area contributed by atoms with Gasteiger partial charge in [0.25, 0.3) is 5.91 Å². The summed E-state index contributed by atoms with van der Waals surface area (Å²) < 4.78 is 5.29. The molecule has 1 saturated heterocycles. The Kier molecular flexibility index (Phi) is 3.26. The first kappa shape index (κ1) is 13.8.